The van der Waals surface area contributed by atoms with E-state index in [2.05, 4.69) is 55.7 Å². The summed E-state index contributed by atoms with van der Waals surface area (Å²) < 4.78 is 14.0. The molecule has 0 saturated carbocycles. The van der Waals surface area contributed by atoms with Crippen molar-refractivity contribution in [2.75, 3.05) is 36.0 Å². The average molecular weight is 442 g/mol. The van der Waals surface area contributed by atoms with Crippen LogP contribution in [0.5, 0.6) is 0 Å². The van der Waals surface area contributed by atoms with E-state index in [1.54, 1.807) is 12.1 Å². The molecule has 2 aromatic rings. The number of halogens is 1. The van der Waals surface area contributed by atoms with Crippen LogP contribution in [0.2, 0.25) is 0 Å². The van der Waals surface area contributed by atoms with Crippen LogP contribution in [0.3, 0.4) is 0 Å². The third-order valence-corrected chi connectivity index (χ3v) is 5.29. The molecule has 0 saturated heterocycles. The fraction of sp³-hybridized carbons (Fsp3) is 0.462. The van der Waals surface area contributed by atoms with E-state index in [1.165, 1.54) is 23.5 Å². The van der Waals surface area contributed by atoms with Crippen LogP contribution in [0.15, 0.2) is 36.4 Å². The Morgan fingerprint density at radius 1 is 0.781 bits per heavy atom. The fourth-order valence-corrected chi connectivity index (χ4v) is 3.92. The van der Waals surface area contributed by atoms with Crippen molar-refractivity contribution in [3.05, 3.63) is 63.5 Å². The first kappa shape index (κ1) is 25.4. The molecule has 0 unspecified atom stereocenters. The molecular formula is C26H36FN3O2. The molecule has 0 bridgehead atoms. The molecule has 0 atom stereocenters. The number of benzene rings is 2. The first-order valence-electron chi connectivity index (χ1n) is 11.7. The lowest BCUT2D eigenvalue weighted by molar-refractivity contribution is -0.387. The second-order valence-corrected chi connectivity index (χ2v) is 8.02. The van der Waals surface area contributed by atoms with E-state index in [4.69, 9.17) is 0 Å². The average Bonchev–Trinajstić information content (AvgIpc) is 2.77. The summed E-state index contributed by atoms with van der Waals surface area (Å²) in [6.45, 7) is 12.8. The molecule has 5 nitrogen and oxygen atoms in total. The maximum absolute atomic E-state index is 14.0. The van der Waals surface area contributed by atoms with E-state index in [-0.39, 0.29) is 0 Å². The van der Waals surface area contributed by atoms with Gasteiger partial charge in [-0.05, 0) is 61.1 Å². The Balaban J connectivity index is 2.43. The lowest BCUT2D eigenvalue weighted by Gasteiger charge is -2.32. The van der Waals surface area contributed by atoms with Gasteiger partial charge >= 0.3 is 5.69 Å². The van der Waals surface area contributed by atoms with Gasteiger partial charge in [-0.1, -0.05) is 45.9 Å². The maximum atomic E-state index is 14.0. The van der Waals surface area contributed by atoms with Gasteiger partial charge in [0.15, 0.2) is 0 Å². The standard InChI is InChI=1S/C26H36FN3O2/c1-5-15-28(16-6-2)25-14-12-22(20-26(25)29(17-7-3)18-8-4)10-9-21-11-13-24(30(31)32)23(27)19-21/h9-14,19-20H,5-8,15-18H2,1-4H3. The Bertz CT molecular complexity index is 902. The lowest BCUT2D eigenvalue weighted by atomic mass is 10.1. The van der Waals surface area contributed by atoms with Crippen LogP contribution in [0.25, 0.3) is 12.2 Å². The topological polar surface area (TPSA) is 49.6 Å². The minimum absolute atomic E-state index is 0.504. The number of hydrogen-bond donors (Lipinski definition) is 0. The van der Waals surface area contributed by atoms with Crippen molar-refractivity contribution in [1.82, 2.24) is 0 Å². The summed E-state index contributed by atoms with van der Waals surface area (Å²) in [6, 6.07) is 10.5. The minimum atomic E-state index is -0.819. The van der Waals surface area contributed by atoms with Gasteiger partial charge in [0.25, 0.3) is 0 Å². The van der Waals surface area contributed by atoms with Crippen LogP contribution in [-0.2, 0) is 0 Å². The first-order valence-corrected chi connectivity index (χ1v) is 11.7. The van der Waals surface area contributed by atoms with Gasteiger partial charge in [-0.15, -0.1) is 0 Å². The molecular weight excluding hydrogens is 405 g/mol. The molecule has 0 amide bonds. The van der Waals surface area contributed by atoms with Gasteiger partial charge in [0.2, 0.25) is 5.82 Å². The lowest BCUT2D eigenvalue weighted by Crippen LogP contribution is -2.30. The summed E-state index contributed by atoms with van der Waals surface area (Å²) in [5, 5.41) is 10.8. The van der Waals surface area contributed by atoms with Crippen LogP contribution in [0.4, 0.5) is 21.5 Å². The van der Waals surface area contributed by atoms with Crippen LogP contribution in [0.1, 0.15) is 64.5 Å². The van der Waals surface area contributed by atoms with E-state index in [0.717, 1.165) is 57.4 Å². The van der Waals surface area contributed by atoms with Crippen molar-refractivity contribution >= 4 is 29.2 Å². The summed E-state index contributed by atoms with van der Waals surface area (Å²) in [5.74, 6) is -0.819. The smallest absolute Gasteiger partial charge is 0.304 e. The fourth-order valence-electron chi connectivity index (χ4n) is 3.92. The minimum Gasteiger partial charge on any atom is -0.370 e. The van der Waals surface area contributed by atoms with Crippen molar-refractivity contribution in [3.63, 3.8) is 0 Å². The van der Waals surface area contributed by atoms with Gasteiger partial charge in [-0.25, -0.2) is 0 Å². The highest BCUT2D eigenvalue weighted by molar-refractivity contribution is 5.78. The predicted molar refractivity (Wildman–Crippen MR) is 134 cm³/mol. The third-order valence-electron chi connectivity index (χ3n) is 5.29. The van der Waals surface area contributed by atoms with Crippen LogP contribution in [0, 0.1) is 15.9 Å². The molecule has 0 aromatic heterocycles. The van der Waals surface area contributed by atoms with Crippen molar-refractivity contribution in [3.8, 4) is 0 Å². The third kappa shape index (κ3) is 6.81. The van der Waals surface area contributed by atoms with Crippen molar-refractivity contribution in [1.29, 1.82) is 0 Å². The SMILES string of the molecule is CCCN(CCC)c1ccc(C=Cc2ccc([N+](=O)[O-])c(F)c2)cc1N(CCC)CCC. The Morgan fingerprint density at radius 2 is 1.25 bits per heavy atom. The quantitative estimate of drug-likeness (QED) is 0.188. The number of nitrogens with zero attached hydrogens (tertiary/aromatic N) is 3. The molecule has 0 fully saturated rings. The zero-order valence-corrected chi connectivity index (χ0v) is 19.8. The maximum Gasteiger partial charge on any atom is 0.304 e. The first-order chi connectivity index (χ1) is 15.4. The highest BCUT2D eigenvalue weighted by atomic mass is 19.1. The highest BCUT2D eigenvalue weighted by Crippen LogP contribution is 2.32. The van der Waals surface area contributed by atoms with Crippen LogP contribution in [-0.4, -0.2) is 31.1 Å². The Kier molecular flexibility index (Phi) is 10.2. The van der Waals surface area contributed by atoms with Gasteiger partial charge < -0.3 is 9.80 Å². The van der Waals surface area contributed by atoms with E-state index in [0.29, 0.717) is 5.56 Å². The molecule has 2 aromatic carbocycles. The molecule has 0 aliphatic carbocycles. The molecule has 0 heterocycles. The zero-order chi connectivity index (χ0) is 23.5. The van der Waals surface area contributed by atoms with E-state index < -0.39 is 16.4 Å². The van der Waals surface area contributed by atoms with Gasteiger partial charge in [-0.2, -0.15) is 4.39 Å². The van der Waals surface area contributed by atoms with Gasteiger partial charge in [0.1, 0.15) is 0 Å². The zero-order valence-electron chi connectivity index (χ0n) is 19.8. The van der Waals surface area contributed by atoms with Crippen LogP contribution < -0.4 is 9.80 Å². The number of rotatable bonds is 13. The van der Waals surface area contributed by atoms with Crippen molar-refractivity contribution in [2.24, 2.45) is 0 Å². The van der Waals surface area contributed by atoms with E-state index in [1.807, 2.05) is 6.08 Å². The number of nitro benzene ring substituents is 1. The molecule has 0 aliphatic rings. The normalized spacial score (nSPS) is 11.2. The Hall–Kier alpha value is -2.89. The molecule has 0 aliphatic heterocycles. The molecule has 174 valence electrons. The number of hydrogen-bond acceptors (Lipinski definition) is 4. The summed E-state index contributed by atoms with van der Waals surface area (Å²) in [5.41, 5.74) is 3.60. The molecule has 0 N–H and O–H groups in total. The number of nitro groups is 1. The largest absolute Gasteiger partial charge is 0.370 e. The predicted octanol–water partition coefficient (Wildman–Crippen LogP) is 7.16. The molecule has 0 radical (unpaired) electrons. The van der Waals surface area contributed by atoms with Gasteiger partial charge in [0.05, 0.1) is 16.3 Å². The molecule has 2 rings (SSSR count). The number of anilines is 2. The second kappa shape index (κ2) is 12.8. The summed E-state index contributed by atoms with van der Waals surface area (Å²) >= 11 is 0. The van der Waals surface area contributed by atoms with E-state index >= 15 is 0 Å². The Labute approximate surface area is 191 Å². The highest BCUT2D eigenvalue weighted by Gasteiger charge is 2.16. The van der Waals surface area contributed by atoms with Gasteiger partial charge in [-0.3, -0.25) is 10.1 Å². The second-order valence-electron chi connectivity index (χ2n) is 8.02. The van der Waals surface area contributed by atoms with Crippen LogP contribution >= 0.6 is 0 Å². The van der Waals surface area contributed by atoms with Crippen molar-refractivity contribution in [2.45, 2.75) is 53.4 Å². The summed E-state index contributed by atoms with van der Waals surface area (Å²) in [4.78, 5) is 15.1. The molecule has 6 heteroatoms. The summed E-state index contributed by atoms with van der Waals surface area (Å²) in [6.07, 6.45) is 8.06. The van der Waals surface area contributed by atoms with Crippen molar-refractivity contribution < 1.29 is 9.31 Å². The Morgan fingerprint density at radius 3 is 1.72 bits per heavy atom. The van der Waals surface area contributed by atoms with E-state index in [9.17, 15) is 14.5 Å². The molecule has 0 spiro atoms. The monoisotopic (exact) mass is 441 g/mol. The summed E-state index contributed by atoms with van der Waals surface area (Å²) in [7, 11) is 0. The van der Waals surface area contributed by atoms with Gasteiger partial charge in [0, 0.05) is 32.2 Å². The molecule has 32 heavy (non-hydrogen) atoms.